The molecule has 1 fully saturated rings. The second-order valence-corrected chi connectivity index (χ2v) is 6.39. The smallest absolute Gasteiger partial charge is 0.319 e. The summed E-state index contributed by atoms with van der Waals surface area (Å²) in [6, 6.07) is 7.10. The van der Waals surface area contributed by atoms with E-state index in [1.165, 1.54) is 0 Å². The van der Waals surface area contributed by atoms with Crippen LogP contribution >= 0.6 is 0 Å². The van der Waals surface area contributed by atoms with Gasteiger partial charge in [-0.1, -0.05) is 0 Å². The van der Waals surface area contributed by atoms with Gasteiger partial charge in [0.1, 0.15) is 5.75 Å². The topological polar surface area (TPSA) is 88.6 Å². The number of nitrogens with one attached hydrogen (secondary N) is 2. The molecule has 1 aliphatic heterocycles. The number of carbonyl (C=O) groups is 1. The zero-order chi connectivity index (χ0) is 19.2. The van der Waals surface area contributed by atoms with E-state index in [1.54, 1.807) is 7.11 Å². The first-order valence-electron chi connectivity index (χ1n) is 8.92. The Bertz CT molecular complexity index is 806. The molecule has 0 saturated carbocycles. The molecule has 2 amide bonds. The summed E-state index contributed by atoms with van der Waals surface area (Å²) in [5, 5.41) is 5.69. The van der Waals surface area contributed by atoms with Crippen LogP contribution in [0.5, 0.6) is 5.75 Å². The van der Waals surface area contributed by atoms with Crippen molar-refractivity contribution in [1.82, 2.24) is 15.3 Å². The molecular weight excluding hydrogens is 346 g/mol. The first kappa shape index (κ1) is 18.9. The summed E-state index contributed by atoms with van der Waals surface area (Å²) in [4.78, 5) is 23.4. The molecule has 8 heteroatoms. The van der Waals surface area contributed by atoms with Crippen molar-refractivity contribution >= 4 is 17.7 Å². The maximum Gasteiger partial charge on any atom is 0.319 e. The molecule has 0 unspecified atom stereocenters. The Morgan fingerprint density at radius 1 is 1.22 bits per heavy atom. The van der Waals surface area contributed by atoms with Crippen LogP contribution in [0.3, 0.4) is 0 Å². The summed E-state index contributed by atoms with van der Waals surface area (Å²) in [7, 11) is 1.61. The Hall–Kier alpha value is -2.87. The third-order valence-electron chi connectivity index (χ3n) is 4.30. The summed E-state index contributed by atoms with van der Waals surface area (Å²) in [5.74, 6) is 1.44. The van der Waals surface area contributed by atoms with Crippen LogP contribution in [0, 0.1) is 13.8 Å². The second-order valence-electron chi connectivity index (χ2n) is 6.39. The predicted molar refractivity (Wildman–Crippen MR) is 103 cm³/mol. The highest BCUT2D eigenvalue weighted by Gasteiger charge is 2.15. The van der Waals surface area contributed by atoms with E-state index in [0.29, 0.717) is 25.7 Å². The number of benzene rings is 1. The van der Waals surface area contributed by atoms with Crippen LogP contribution in [0.2, 0.25) is 0 Å². The number of rotatable bonds is 5. The van der Waals surface area contributed by atoms with Crippen LogP contribution in [0.1, 0.15) is 17.0 Å². The summed E-state index contributed by atoms with van der Waals surface area (Å²) >= 11 is 0. The van der Waals surface area contributed by atoms with Crippen LogP contribution in [0.15, 0.2) is 24.3 Å². The number of amides is 2. The number of anilines is 2. The van der Waals surface area contributed by atoms with E-state index in [-0.39, 0.29) is 6.03 Å². The lowest BCUT2D eigenvalue weighted by molar-refractivity contribution is 0.122. The van der Waals surface area contributed by atoms with E-state index in [4.69, 9.17) is 9.47 Å². The third-order valence-corrected chi connectivity index (χ3v) is 4.30. The quantitative estimate of drug-likeness (QED) is 0.838. The molecule has 8 nitrogen and oxygen atoms in total. The lowest BCUT2D eigenvalue weighted by Crippen LogP contribution is -2.37. The number of nitrogens with zero attached hydrogens (tertiary/aromatic N) is 3. The lowest BCUT2D eigenvalue weighted by atomic mass is 10.2. The molecule has 3 rings (SSSR count). The Labute approximate surface area is 158 Å². The van der Waals surface area contributed by atoms with Gasteiger partial charge in [-0.15, -0.1) is 0 Å². The number of aromatic nitrogens is 2. The number of hydrogen-bond acceptors (Lipinski definition) is 6. The van der Waals surface area contributed by atoms with E-state index in [0.717, 1.165) is 41.5 Å². The van der Waals surface area contributed by atoms with Crippen LogP contribution in [-0.4, -0.2) is 49.4 Å². The molecule has 1 aromatic heterocycles. The number of urea groups is 1. The van der Waals surface area contributed by atoms with Gasteiger partial charge in [0.2, 0.25) is 5.95 Å². The Morgan fingerprint density at radius 2 is 2.00 bits per heavy atom. The van der Waals surface area contributed by atoms with Crippen molar-refractivity contribution in [2.45, 2.75) is 20.4 Å². The van der Waals surface area contributed by atoms with Crippen LogP contribution in [0.4, 0.5) is 16.4 Å². The van der Waals surface area contributed by atoms with Crippen molar-refractivity contribution in [3.63, 3.8) is 0 Å². The van der Waals surface area contributed by atoms with Gasteiger partial charge in [0.05, 0.1) is 32.6 Å². The maximum absolute atomic E-state index is 12.2. The Morgan fingerprint density at radius 3 is 2.70 bits per heavy atom. The number of ether oxygens (including phenoxy) is 2. The summed E-state index contributed by atoms with van der Waals surface area (Å²) < 4.78 is 10.5. The fraction of sp³-hybridized carbons (Fsp3) is 0.421. The van der Waals surface area contributed by atoms with Crippen molar-refractivity contribution in [2.24, 2.45) is 0 Å². The van der Waals surface area contributed by atoms with Gasteiger partial charge in [-0.25, -0.2) is 14.8 Å². The number of morpholine rings is 1. The van der Waals surface area contributed by atoms with E-state index in [2.05, 4.69) is 25.5 Å². The number of aryl methyl sites for hydroxylation is 2. The van der Waals surface area contributed by atoms with Crippen molar-refractivity contribution in [3.8, 4) is 5.75 Å². The summed E-state index contributed by atoms with van der Waals surface area (Å²) in [6.45, 7) is 7.06. The van der Waals surface area contributed by atoms with Gasteiger partial charge in [0.15, 0.2) is 0 Å². The number of methoxy groups -OCH3 is 1. The van der Waals surface area contributed by atoms with Gasteiger partial charge < -0.3 is 25.0 Å². The zero-order valence-electron chi connectivity index (χ0n) is 15.9. The van der Waals surface area contributed by atoms with Gasteiger partial charge in [-0.3, -0.25) is 0 Å². The normalized spacial score (nSPS) is 14.0. The van der Waals surface area contributed by atoms with Crippen LogP contribution < -0.4 is 20.3 Å². The standard InChI is InChI=1S/C19H25N5O3/c1-13-10-16(26-3)4-5-17(13)23-19(25)20-12-15-11-14(2)21-18(22-15)24-6-8-27-9-7-24/h4-5,10-11H,6-9,12H2,1-3H3,(H2,20,23,25). The monoisotopic (exact) mass is 371 g/mol. The number of carbonyl (C=O) groups excluding carboxylic acids is 1. The molecule has 144 valence electrons. The molecule has 0 bridgehead atoms. The largest absolute Gasteiger partial charge is 0.497 e. The van der Waals surface area contributed by atoms with Crippen LogP contribution in [-0.2, 0) is 11.3 Å². The van der Waals surface area contributed by atoms with Gasteiger partial charge in [-0.2, -0.15) is 0 Å². The first-order valence-corrected chi connectivity index (χ1v) is 8.92. The second kappa shape index (κ2) is 8.68. The molecule has 2 N–H and O–H groups in total. The molecule has 1 aliphatic rings. The molecule has 0 radical (unpaired) electrons. The molecule has 2 heterocycles. The first-order chi connectivity index (χ1) is 13.0. The van der Waals surface area contributed by atoms with Crippen LogP contribution in [0.25, 0.3) is 0 Å². The Balaban J connectivity index is 1.60. The SMILES string of the molecule is COc1ccc(NC(=O)NCc2cc(C)nc(N3CCOCC3)n2)c(C)c1. The fourth-order valence-electron chi connectivity index (χ4n) is 2.85. The van der Waals surface area contributed by atoms with Gasteiger partial charge in [0, 0.05) is 24.5 Å². The highest BCUT2D eigenvalue weighted by Crippen LogP contribution is 2.21. The maximum atomic E-state index is 12.2. The molecule has 1 aromatic carbocycles. The molecule has 27 heavy (non-hydrogen) atoms. The molecule has 2 aromatic rings. The number of hydrogen-bond donors (Lipinski definition) is 2. The average molecular weight is 371 g/mol. The minimum absolute atomic E-state index is 0.285. The Kier molecular flexibility index (Phi) is 6.08. The predicted octanol–water partition coefficient (Wildman–Crippen LogP) is 2.26. The van der Waals surface area contributed by atoms with Gasteiger partial charge >= 0.3 is 6.03 Å². The molecule has 1 saturated heterocycles. The van der Waals surface area contributed by atoms with Gasteiger partial charge in [0.25, 0.3) is 0 Å². The molecule has 0 aliphatic carbocycles. The van der Waals surface area contributed by atoms with E-state index in [1.807, 2.05) is 38.1 Å². The third kappa shape index (κ3) is 5.07. The minimum atomic E-state index is -0.285. The van der Waals surface area contributed by atoms with Gasteiger partial charge in [-0.05, 0) is 43.7 Å². The van der Waals surface area contributed by atoms with Crippen molar-refractivity contribution in [3.05, 3.63) is 41.2 Å². The van der Waals surface area contributed by atoms with E-state index < -0.39 is 0 Å². The molecule has 0 spiro atoms. The fourth-order valence-corrected chi connectivity index (χ4v) is 2.85. The molecule has 0 atom stereocenters. The van der Waals surface area contributed by atoms with Crippen molar-refractivity contribution in [2.75, 3.05) is 43.6 Å². The van der Waals surface area contributed by atoms with E-state index >= 15 is 0 Å². The van der Waals surface area contributed by atoms with E-state index in [9.17, 15) is 4.79 Å². The molecular formula is C19H25N5O3. The highest BCUT2D eigenvalue weighted by molar-refractivity contribution is 5.90. The summed E-state index contributed by atoms with van der Waals surface area (Å²) in [6.07, 6.45) is 0. The summed E-state index contributed by atoms with van der Waals surface area (Å²) in [5.41, 5.74) is 3.30. The highest BCUT2D eigenvalue weighted by atomic mass is 16.5. The minimum Gasteiger partial charge on any atom is -0.497 e. The zero-order valence-corrected chi connectivity index (χ0v) is 15.9. The average Bonchev–Trinajstić information content (AvgIpc) is 2.68. The van der Waals surface area contributed by atoms with Crippen molar-refractivity contribution in [1.29, 1.82) is 0 Å². The van der Waals surface area contributed by atoms with Crippen molar-refractivity contribution < 1.29 is 14.3 Å². The lowest BCUT2D eigenvalue weighted by Gasteiger charge is -2.27.